The second-order valence-corrected chi connectivity index (χ2v) is 7.76. The number of fused-ring (bicyclic) bond motifs is 1. The van der Waals surface area contributed by atoms with Gasteiger partial charge in [-0.3, -0.25) is 14.6 Å². The van der Waals surface area contributed by atoms with E-state index in [2.05, 4.69) is 24.1 Å². The number of nitrogens with two attached hydrogens (primary N) is 2. The number of carbonyl (C=O) groups is 2. The molecule has 1 aromatic carbocycles. The lowest BCUT2D eigenvalue weighted by Crippen LogP contribution is -2.45. The Balaban J connectivity index is 1.94. The number of pyridine rings is 1. The van der Waals surface area contributed by atoms with Crippen LogP contribution in [0.5, 0.6) is 0 Å². The number of para-hydroxylation sites is 1. The number of hydrogen-bond acceptors (Lipinski definition) is 5. The average Bonchev–Trinajstić information content (AvgIpc) is 2.71. The monoisotopic (exact) mass is 399 g/mol. The first-order valence-electron chi connectivity index (χ1n) is 10.3. The van der Waals surface area contributed by atoms with Crippen LogP contribution < -0.4 is 16.8 Å². The fourth-order valence-corrected chi connectivity index (χ4v) is 3.04. The Morgan fingerprint density at radius 3 is 2.66 bits per heavy atom. The van der Waals surface area contributed by atoms with E-state index in [0.717, 1.165) is 17.3 Å². The van der Waals surface area contributed by atoms with Gasteiger partial charge in [-0.15, -0.1) is 0 Å². The number of benzene rings is 1. The van der Waals surface area contributed by atoms with E-state index in [1.54, 1.807) is 11.1 Å². The Hall–Kier alpha value is -2.51. The van der Waals surface area contributed by atoms with Crippen molar-refractivity contribution in [1.29, 1.82) is 0 Å². The maximum atomic E-state index is 12.7. The summed E-state index contributed by atoms with van der Waals surface area (Å²) in [5.41, 5.74) is 13.1. The van der Waals surface area contributed by atoms with Crippen LogP contribution >= 0.6 is 0 Å². The van der Waals surface area contributed by atoms with Crippen molar-refractivity contribution < 1.29 is 9.59 Å². The Bertz CT molecular complexity index is 809. The molecule has 7 nitrogen and oxygen atoms in total. The van der Waals surface area contributed by atoms with E-state index in [9.17, 15) is 9.59 Å². The molecule has 0 saturated carbocycles. The van der Waals surface area contributed by atoms with Crippen LogP contribution in [0.1, 0.15) is 39.5 Å². The summed E-state index contributed by atoms with van der Waals surface area (Å²) in [7, 11) is 0. The number of carbonyl (C=O) groups excluding carboxylic acids is 2. The zero-order chi connectivity index (χ0) is 21.2. The molecule has 1 atom stereocenters. The van der Waals surface area contributed by atoms with E-state index in [1.807, 2.05) is 30.3 Å². The molecule has 0 bridgehead atoms. The Labute approximate surface area is 172 Å². The predicted molar refractivity (Wildman–Crippen MR) is 117 cm³/mol. The highest BCUT2D eigenvalue weighted by molar-refractivity contribution is 5.93. The van der Waals surface area contributed by atoms with Crippen LogP contribution in [0.15, 0.2) is 36.5 Å². The van der Waals surface area contributed by atoms with Crippen molar-refractivity contribution in [2.45, 2.75) is 45.6 Å². The number of rotatable bonds is 11. The first-order chi connectivity index (χ1) is 13.9. The lowest BCUT2D eigenvalue weighted by molar-refractivity contribution is -0.133. The summed E-state index contributed by atoms with van der Waals surface area (Å²) in [5, 5.41) is 3.83. The van der Waals surface area contributed by atoms with E-state index in [-0.39, 0.29) is 18.2 Å². The minimum atomic E-state index is -0.571. The number of anilines is 1. The summed E-state index contributed by atoms with van der Waals surface area (Å²) < 4.78 is 0. The molecule has 2 rings (SSSR count). The average molecular weight is 400 g/mol. The fourth-order valence-electron chi connectivity index (χ4n) is 3.04. The zero-order valence-corrected chi connectivity index (χ0v) is 17.4. The van der Waals surface area contributed by atoms with Gasteiger partial charge in [-0.1, -0.05) is 32.0 Å². The van der Waals surface area contributed by atoms with Crippen LogP contribution in [0.4, 0.5) is 5.69 Å². The van der Waals surface area contributed by atoms with E-state index >= 15 is 0 Å². The molecule has 29 heavy (non-hydrogen) atoms. The van der Waals surface area contributed by atoms with Gasteiger partial charge in [0.05, 0.1) is 23.4 Å². The van der Waals surface area contributed by atoms with Crippen LogP contribution in [-0.2, 0) is 9.59 Å². The molecule has 0 aliphatic rings. The summed E-state index contributed by atoms with van der Waals surface area (Å²) in [6.07, 6.45) is 3.99. The molecule has 5 N–H and O–H groups in total. The van der Waals surface area contributed by atoms with Crippen molar-refractivity contribution in [3.05, 3.63) is 36.5 Å². The molecule has 0 fully saturated rings. The van der Waals surface area contributed by atoms with Crippen molar-refractivity contribution in [2.75, 3.05) is 25.0 Å². The molecule has 0 unspecified atom stereocenters. The van der Waals surface area contributed by atoms with Gasteiger partial charge in [-0.2, -0.15) is 0 Å². The third-order valence-electron chi connectivity index (χ3n) is 4.81. The van der Waals surface area contributed by atoms with E-state index < -0.39 is 6.04 Å². The predicted octanol–water partition coefficient (Wildman–Crippen LogP) is 2.50. The van der Waals surface area contributed by atoms with Crippen molar-refractivity contribution in [1.82, 2.24) is 9.88 Å². The fraction of sp³-hybridized carbons (Fsp3) is 0.500. The highest BCUT2D eigenvalue weighted by Gasteiger charge is 2.21. The summed E-state index contributed by atoms with van der Waals surface area (Å²) in [5.74, 6) is 0.197. The van der Waals surface area contributed by atoms with Gasteiger partial charge in [-0.25, -0.2) is 0 Å². The maximum Gasteiger partial charge on any atom is 0.239 e. The lowest BCUT2D eigenvalue weighted by Gasteiger charge is -2.26. The molecule has 0 aliphatic heterocycles. The van der Waals surface area contributed by atoms with Crippen molar-refractivity contribution in [2.24, 2.45) is 17.4 Å². The van der Waals surface area contributed by atoms with Crippen molar-refractivity contribution in [3.8, 4) is 0 Å². The first-order valence-corrected chi connectivity index (χ1v) is 10.3. The Morgan fingerprint density at radius 1 is 1.17 bits per heavy atom. The Morgan fingerprint density at radius 2 is 1.93 bits per heavy atom. The molecule has 0 aliphatic carbocycles. The van der Waals surface area contributed by atoms with Gasteiger partial charge in [0, 0.05) is 24.9 Å². The van der Waals surface area contributed by atoms with Crippen molar-refractivity contribution >= 4 is 28.4 Å². The van der Waals surface area contributed by atoms with E-state index in [1.165, 1.54) is 0 Å². The normalized spacial score (nSPS) is 12.2. The summed E-state index contributed by atoms with van der Waals surface area (Å²) in [4.78, 5) is 31.2. The third kappa shape index (κ3) is 7.44. The molecule has 158 valence electrons. The van der Waals surface area contributed by atoms with Gasteiger partial charge >= 0.3 is 0 Å². The number of nitrogens with one attached hydrogen (secondary N) is 1. The smallest absolute Gasteiger partial charge is 0.239 e. The molecule has 0 spiro atoms. The third-order valence-corrected chi connectivity index (χ3v) is 4.81. The van der Waals surface area contributed by atoms with Crippen LogP contribution in [0.3, 0.4) is 0 Å². The summed E-state index contributed by atoms with van der Waals surface area (Å²) in [6, 6.07) is 9.06. The molecule has 1 aromatic heterocycles. The Kier molecular flexibility index (Phi) is 9.02. The van der Waals surface area contributed by atoms with Crippen LogP contribution in [0, 0.1) is 5.92 Å². The van der Waals surface area contributed by atoms with E-state index in [0.29, 0.717) is 44.1 Å². The highest BCUT2D eigenvalue weighted by atomic mass is 16.2. The lowest BCUT2D eigenvalue weighted by atomic mass is 10.1. The number of hydrogen-bond donors (Lipinski definition) is 3. The quantitative estimate of drug-likeness (QED) is 0.537. The van der Waals surface area contributed by atoms with Crippen LogP contribution in [0.2, 0.25) is 0 Å². The van der Waals surface area contributed by atoms with Gasteiger partial charge in [0.25, 0.3) is 0 Å². The molecular weight excluding hydrogens is 366 g/mol. The topological polar surface area (TPSA) is 114 Å². The molecule has 2 amide bonds. The standard InChI is InChI=1S/C22H33N5O2/c1-16(2)9-12-27(22(29)19(24)7-5-11-23)13-10-21(28)26-18-14-17-6-3-4-8-20(17)25-15-18/h3-4,6,8,14-16,19H,5,7,9-13,23-24H2,1-2H3,(H,26,28)/t19-/m1/s1. The molecular formula is C22H33N5O2. The SMILES string of the molecule is CC(C)CCN(CCC(=O)Nc1cnc2ccccc2c1)C(=O)[C@H](N)CCCN. The molecule has 1 heterocycles. The molecule has 7 heteroatoms. The molecule has 0 saturated heterocycles. The van der Waals surface area contributed by atoms with Gasteiger partial charge in [0.1, 0.15) is 0 Å². The van der Waals surface area contributed by atoms with Crippen LogP contribution in [0.25, 0.3) is 10.9 Å². The molecule has 0 radical (unpaired) electrons. The van der Waals surface area contributed by atoms with Gasteiger partial charge in [-0.05, 0) is 43.9 Å². The molecule has 2 aromatic rings. The number of amides is 2. The minimum Gasteiger partial charge on any atom is -0.341 e. The summed E-state index contributed by atoms with van der Waals surface area (Å²) >= 11 is 0. The zero-order valence-electron chi connectivity index (χ0n) is 17.4. The van der Waals surface area contributed by atoms with Gasteiger partial charge in [0.15, 0.2) is 0 Å². The number of aromatic nitrogens is 1. The highest BCUT2D eigenvalue weighted by Crippen LogP contribution is 2.16. The van der Waals surface area contributed by atoms with Gasteiger partial charge in [0.2, 0.25) is 11.8 Å². The van der Waals surface area contributed by atoms with E-state index in [4.69, 9.17) is 11.5 Å². The van der Waals surface area contributed by atoms with Gasteiger partial charge < -0.3 is 21.7 Å². The van der Waals surface area contributed by atoms with Crippen LogP contribution in [-0.4, -0.2) is 47.4 Å². The first kappa shape index (κ1) is 22.8. The number of nitrogens with zero attached hydrogens (tertiary/aromatic N) is 2. The largest absolute Gasteiger partial charge is 0.341 e. The van der Waals surface area contributed by atoms with Crippen molar-refractivity contribution in [3.63, 3.8) is 0 Å². The second kappa shape index (κ2) is 11.5. The maximum absolute atomic E-state index is 12.7. The minimum absolute atomic E-state index is 0.112. The summed E-state index contributed by atoms with van der Waals surface area (Å²) in [6.45, 7) is 5.66. The second-order valence-electron chi connectivity index (χ2n) is 7.76.